The third-order valence-corrected chi connectivity index (χ3v) is 1.99. The van der Waals surface area contributed by atoms with E-state index in [4.69, 9.17) is 0 Å². The van der Waals surface area contributed by atoms with E-state index in [0.29, 0.717) is 12.1 Å². The Balaban J connectivity index is 2.22. The molecule has 0 N–H and O–H groups in total. The molecule has 0 fully saturated rings. The number of carbonyl (C=O) groups is 1. The summed E-state index contributed by atoms with van der Waals surface area (Å²) in [6, 6.07) is 3.45. The molecular formula is C10H10N4O. The molecule has 0 amide bonds. The Morgan fingerprint density at radius 2 is 2.07 bits per heavy atom. The molecule has 0 aliphatic rings. The fraction of sp³-hybridized carbons (Fsp3) is 0.200. The van der Waals surface area contributed by atoms with Gasteiger partial charge >= 0.3 is 0 Å². The highest BCUT2D eigenvalue weighted by molar-refractivity contribution is 5.93. The summed E-state index contributed by atoms with van der Waals surface area (Å²) >= 11 is 0. The summed E-state index contributed by atoms with van der Waals surface area (Å²) in [5, 5.41) is 7.93. The summed E-state index contributed by atoms with van der Waals surface area (Å²) in [4.78, 5) is 16.8. The van der Waals surface area contributed by atoms with Crippen LogP contribution in [0.5, 0.6) is 0 Å². The molecule has 0 unspecified atom stereocenters. The van der Waals surface area contributed by atoms with Crippen LogP contribution >= 0.6 is 0 Å². The maximum absolute atomic E-state index is 11.1. The lowest BCUT2D eigenvalue weighted by molar-refractivity contribution is 0.101. The van der Waals surface area contributed by atoms with Crippen molar-refractivity contribution in [1.82, 2.24) is 20.0 Å². The highest BCUT2D eigenvalue weighted by Gasteiger charge is 2.02. The van der Waals surface area contributed by atoms with E-state index < -0.39 is 0 Å². The molecule has 5 nitrogen and oxygen atoms in total. The maximum atomic E-state index is 11.1. The van der Waals surface area contributed by atoms with Crippen LogP contribution in [0.15, 0.2) is 30.7 Å². The molecule has 2 aromatic rings. The zero-order chi connectivity index (χ0) is 10.7. The Hall–Kier alpha value is -2.04. The van der Waals surface area contributed by atoms with E-state index in [1.54, 1.807) is 30.7 Å². The van der Waals surface area contributed by atoms with Crippen LogP contribution < -0.4 is 0 Å². The van der Waals surface area contributed by atoms with Crippen LogP contribution in [0.3, 0.4) is 0 Å². The lowest BCUT2D eigenvalue weighted by Crippen LogP contribution is -2.06. The van der Waals surface area contributed by atoms with Crippen molar-refractivity contribution in [3.05, 3.63) is 42.0 Å². The van der Waals surface area contributed by atoms with Gasteiger partial charge in [-0.1, -0.05) is 0 Å². The van der Waals surface area contributed by atoms with Gasteiger partial charge in [-0.15, -0.1) is 0 Å². The van der Waals surface area contributed by atoms with Gasteiger partial charge in [-0.25, -0.2) is 0 Å². The zero-order valence-electron chi connectivity index (χ0n) is 8.29. The second kappa shape index (κ2) is 4.00. The quantitative estimate of drug-likeness (QED) is 0.694. The minimum Gasteiger partial charge on any atom is -0.295 e. The number of carbonyl (C=O) groups excluding carboxylic acids is 1. The van der Waals surface area contributed by atoms with E-state index in [9.17, 15) is 4.79 Å². The summed E-state index contributed by atoms with van der Waals surface area (Å²) in [5.41, 5.74) is 1.44. The Morgan fingerprint density at radius 1 is 1.33 bits per heavy atom. The van der Waals surface area contributed by atoms with E-state index in [1.807, 2.05) is 0 Å². The molecule has 0 aliphatic carbocycles. The van der Waals surface area contributed by atoms with Crippen LogP contribution in [0.4, 0.5) is 0 Å². The Morgan fingerprint density at radius 3 is 2.73 bits per heavy atom. The number of hydrogen-bond donors (Lipinski definition) is 0. The average Bonchev–Trinajstić information content (AvgIpc) is 2.71. The fourth-order valence-electron chi connectivity index (χ4n) is 1.25. The monoisotopic (exact) mass is 202 g/mol. The molecule has 0 saturated carbocycles. The molecule has 0 spiro atoms. The molecule has 0 aromatic carbocycles. The smallest absolute Gasteiger partial charge is 0.159 e. The van der Waals surface area contributed by atoms with Gasteiger partial charge in [-0.05, 0) is 19.1 Å². The summed E-state index contributed by atoms with van der Waals surface area (Å²) < 4.78 is 0. The minimum absolute atomic E-state index is 0.0343. The standard InChI is InChI=1S/C10H10N4O/c1-8(15)9-2-3-11-10(6-9)7-14-12-4-5-13-14/h2-6H,7H2,1H3. The number of rotatable bonds is 3. The maximum Gasteiger partial charge on any atom is 0.159 e. The van der Waals surface area contributed by atoms with Crippen LogP contribution in [0.2, 0.25) is 0 Å². The molecule has 2 heterocycles. The minimum atomic E-state index is 0.0343. The van der Waals surface area contributed by atoms with Gasteiger partial charge in [0.2, 0.25) is 0 Å². The lowest BCUT2D eigenvalue weighted by atomic mass is 10.2. The van der Waals surface area contributed by atoms with E-state index in [0.717, 1.165) is 5.69 Å². The van der Waals surface area contributed by atoms with Crippen molar-refractivity contribution < 1.29 is 4.79 Å². The number of pyridine rings is 1. The molecule has 76 valence electrons. The first-order valence-corrected chi connectivity index (χ1v) is 4.55. The van der Waals surface area contributed by atoms with Crippen molar-refractivity contribution in [2.45, 2.75) is 13.5 Å². The number of nitrogens with zero attached hydrogens (tertiary/aromatic N) is 4. The number of hydrogen-bond acceptors (Lipinski definition) is 4. The van der Waals surface area contributed by atoms with Crippen LogP contribution in [-0.4, -0.2) is 25.8 Å². The molecule has 0 atom stereocenters. The first kappa shape index (κ1) is 9.51. The Bertz CT molecular complexity index is 464. The topological polar surface area (TPSA) is 60.7 Å². The van der Waals surface area contributed by atoms with Crippen molar-refractivity contribution in [3.63, 3.8) is 0 Å². The SMILES string of the molecule is CC(=O)c1ccnc(Cn2nccn2)c1. The summed E-state index contributed by atoms with van der Waals surface area (Å²) in [5.74, 6) is 0.0343. The molecule has 2 aromatic heterocycles. The van der Waals surface area contributed by atoms with E-state index in [1.165, 1.54) is 11.7 Å². The van der Waals surface area contributed by atoms with E-state index in [-0.39, 0.29) is 5.78 Å². The van der Waals surface area contributed by atoms with Gasteiger partial charge in [-0.3, -0.25) is 9.78 Å². The van der Waals surface area contributed by atoms with Gasteiger partial charge in [0.1, 0.15) is 6.54 Å². The van der Waals surface area contributed by atoms with Crippen LogP contribution in [-0.2, 0) is 6.54 Å². The zero-order valence-corrected chi connectivity index (χ0v) is 8.29. The summed E-state index contributed by atoms with van der Waals surface area (Å²) in [6.45, 7) is 2.01. The predicted octanol–water partition coefficient (Wildman–Crippen LogP) is 0.924. The second-order valence-corrected chi connectivity index (χ2v) is 3.15. The van der Waals surface area contributed by atoms with Gasteiger partial charge < -0.3 is 0 Å². The Labute approximate surface area is 86.8 Å². The number of ketones is 1. The predicted molar refractivity (Wildman–Crippen MR) is 53.4 cm³/mol. The van der Waals surface area contributed by atoms with Crippen LogP contribution in [0, 0.1) is 0 Å². The average molecular weight is 202 g/mol. The van der Waals surface area contributed by atoms with E-state index >= 15 is 0 Å². The van der Waals surface area contributed by atoms with Crippen LogP contribution in [0.1, 0.15) is 23.0 Å². The second-order valence-electron chi connectivity index (χ2n) is 3.15. The highest BCUT2D eigenvalue weighted by Crippen LogP contribution is 2.03. The first-order chi connectivity index (χ1) is 7.25. The highest BCUT2D eigenvalue weighted by atomic mass is 16.1. The molecule has 2 rings (SSSR count). The normalized spacial score (nSPS) is 10.2. The third-order valence-electron chi connectivity index (χ3n) is 1.99. The molecule has 0 aliphatic heterocycles. The van der Waals surface area contributed by atoms with Gasteiger partial charge in [0.15, 0.2) is 5.78 Å². The van der Waals surface area contributed by atoms with Crippen LogP contribution in [0.25, 0.3) is 0 Å². The van der Waals surface area contributed by atoms with E-state index in [2.05, 4.69) is 15.2 Å². The number of aromatic nitrogens is 4. The first-order valence-electron chi connectivity index (χ1n) is 4.55. The van der Waals surface area contributed by atoms with Gasteiger partial charge in [0, 0.05) is 11.8 Å². The molecule has 0 saturated heterocycles. The van der Waals surface area contributed by atoms with Crippen molar-refractivity contribution in [3.8, 4) is 0 Å². The van der Waals surface area contributed by atoms with Crippen molar-refractivity contribution in [1.29, 1.82) is 0 Å². The molecular weight excluding hydrogens is 192 g/mol. The van der Waals surface area contributed by atoms with Gasteiger partial charge in [0.25, 0.3) is 0 Å². The van der Waals surface area contributed by atoms with Crippen molar-refractivity contribution in [2.24, 2.45) is 0 Å². The Kier molecular flexibility index (Phi) is 2.53. The van der Waals surface area contributed by atoms with Gasteiger partial charge in [-0.2, -0.15) is 15.0 Å². The molecule has 0 radical (unpaired) electrons. The summed E-state index contributed by atoms with van der Waals surface area (Å²) in [7, 11) is 0. The number of Topliss-reactive ketones (excluding diaryl/α,β-unsaturated/α-hetero) is 1. The van der Waals surface area contributed by atoms with Crippen molar-refractivity contribution >= 4 is 5.78 Å². The third kappa shape index (κ3) is 2.25. The summed E-state index contributed by atoms with van der Waals surface area (Å²) in [6.07, 6.45) is 4.83. The molecule has 5 heteroatoms. The lowest BCUT2D eigenvalue weighted by Gasteiger charge is -2.01. The fourth-order valence-corrected chi connectivity index (χ4v) is 1.25. The molecule has 15 heavy (non-hydrogen) atoms. The van der Waals surface area contributed by atoms with Crippen molar-refractivity contribution in [2.75, 3.05) is 0 Å². The largest absolute Gasteiger partial charge is 0.295 e. The molecule has 0 bridgehead atoms. The van der Waals surface area contributed by atoms with Gasteiger partial charge in [0.05, 0.1) is 18.1 Å².